The van der Waals surface area contributed by atoms with E-state index in [4.69, 9.17) is 11.8 Å². The Labute approximate surface area is 77.8 Å². The molecule has 0 bridgehead atoms. The zero-order chi connectivity index (χ0) is 8.15. The Morgan fingerprint density at radius 2 is 1.30 bits per heavy atom. The standard InChI is InChI=1S/C6H14PS3/c1-5(2)9-7(8)10-6(3)4/h5-6H,1-4H3/q+1. The van der Waals surface area contributed by atoms with Gasteiger partial charge in [0, 0.05) is 10.5 Å². The summed E-state index contributed by atoms with van der Waals surface area (Å²) >= 11 is 9.13. The lowest BCUT2D eigenvalue weighted by Crippen LogP contribution is -1.83. The molecule has 0 aromatic carbocycles. The van der Waals surface area contributed by atoms with Gasteiger partial charge in [-0.15, -0.1) is 0 Å². The fourth-order valence-electron chi connectivity index (χ4n) is 0.369. The molecule has 0 spiro atoms. The molecule has 0 aliphatic heterocycles. The summed E-state index contributed by atoms with van der Waals surface area (Å²) < 4.78 is 0. The minimum Gasteiger partial charge on any atom is -0.0496 e. The predicted octanol–water partition coefficient (Wildman–Crippen LogP) is 4.04. The maximum Gasteiger partial charge on any atom is 0.317 e. The Kier molecular flexibility index (Phi) is 6.53. The van der Waals surface area contributed by atoms with E-state index >= 15 is 0 Å². The van der Waals surface area contributed by atoms with Crippen LogP contribution in [0.15, 0.2) is 0 Å². The molecule has 0 saturated heterocycles. The molecule has 0 amide bonds. The van der Waals surface area contributed by atoms with E-state index in [1.807, 2.05) is 22.8 Å². The summed E-state index contributed by atoms with van der Waals surface area (Å²) in [5, 5.41) is 1.14. The van der Waals surface area contributed by atoms with Crippen molar-refractivity contribution in [3.8, 4) is 0 Å². The van der Waals surface area contributed by atoms with Crippen molar-refractivity contribution in [1.82, 2.24) is 0 Å². The Morgan fingerprint density at radius 1 is 1.00 bits per heavy atom. The van der Waals surface area contributed by atoms with Gasteiger partial charge in [-0.05, 0) is 27.7 Å². The SMILES string of the molecule is CC(C)S[P+](=S)SC(C)C. The molecule has 0 N–H and O–H groups in total. The topological polar surface area (TPSA) is 0 Å². The molecule has 0 unspecified atom stereocenters. The molecule has 0 nitrogen and oxygen atoms in total. The average molecular weight is 213 g/mol. The molecule has 0 aromatic rings. The van der Waals surface area contributed by atoms with Crippen LogP contribution in [0.25, 0.3) is 0 Å². The van der Waals surface area contributed by atoms with Gasteiger partial charge in [0.05, 0.1) is 0 Å². The molecule has 0 radical (unpaired) electrons. The molecular formula is C6H14PS3+. The highest BCUT2D eigenvalue weighted by molar-refractivity contribution is 8.94. The van der Waals surface area contributed by atoms with Gasteiger partial charge in [-0.1, -0.05) is 0 Å². The average Bonchev–Trinajstić information content (AvgIpc) is 1.58. The third-order valence-corrected chi connectivity index (χ3v) is 8.44. The van der Waals surface area contributed by atoms with Crippen LogP contribution in [0.4, 0.5) is 0 Å². The molecule has 0 atom stereocenters. The minimum absolute atomic E-state index is 0.243. The molecule has 0 aliphatic carbocycles. The first kappa shape index (κ1) is 11.2. The number of hydrogen-bond acceptors (Lipinski definition) is 3. The van der Waals surface area contributed by atoms with Crippen LogP contribution in [0.1, 0.15) is 27.7 Å². The van der Waals surface area contributed by atoms with Gasteiger partial charge in [0.15, 0.2) is 11.8 Å². The maximum absolute atomic E-state index is 5.28. The second kappa shape index (κ2) is 5.82. The molecule has 0 heterocycles. The molecular weight excluding hydrogens is 199 g/mol. The van der Waals surface area contributed by atoms with Crippen molar-refractivity contribution in [3.05, 3.63) is 0 Å². The van der Waals surface area contributed by atoms with Crippen LogP contribution in [0.5, 0.6) is 0 Å². The zero-order valence-electron chi connectivity index (χ0n) is 6.83. The Morgan fingerprint density at radius 3 is 1.50 bits per heavy atom. The van der Waals surface area contributed by atoms with Gasteiger partial charge >= 0.3 is 5.10 Å². The number of hydrogen-bond donors (Lipinski definition) is 0. The lowest BCUT2D eigenvalue weighted by molar-refractivity contribution is 1.12. The van der Waals surface area contributed by atoms with E-state index in [-0.39, 0.29) is 5.10 Å². The van der Waals surface area contributed by atoms with Crippen LogP contribution >= 0.6 is 27.9 Å². The first-order chi connectivity index (χ1) is 4.52. The number of rotatable bonds is 4. The van der Waals surface area contributed by atoms with Gasteiger partial charge in [0.2, 0.25) is 0 Å². The zero-order valence-corrected chi connectivity index (χ0v) is 10.2. The highest BCUT2D eigenvalue weighted by Crippen LogP contribution is 2.54. The summed E-state index contributed by atoms with van der Waals surface area (Å²) in [7, 11) is 0. The second-order valence-corrected chi connectivity index (χ2v) is 11.9. The molecule has 4 heteroatoms. The van der Waals surface area contributed by atoms with Crippen LogP contribution in [0.2, 0.25) is 0 Å². The van der Waals surface area contributed by atoms with Crippen molar-refractivity contribution >= 4 is 39.7 Å². The summed E-state index contributed by atoms with van der Waals surface area (Å²) in [5.74, 6) is 0. The van der Waals surface area contributed by atoms with Crippen LogP contribution in [0, 0.1) is 0 Å². The first-order valence-electron chi connectivity index (χ1n) is 3.33. The Balaban J connectivity index is 3.44. The quantitative estimate of drug-likeness (QED) is 0.647. The van der Waals surface area contributed by atoms with Crippen molar-refractivity contribution < 1.29 is 0 Å². The van der Waals surface area contributed by atoms with Gasteiger partial charge in [-0.25, -0.2) is 0 Å². The van der Waals surface area contributed by atoms with Crippen molar-refractivity contribution in [1.29, 1.82) is 0 Å². The predicted molar refractivity (Wildman–Crippen MR) is 59.7 cm³/mol. The lowest BCUT2D eigenvalue weighted by atomic mass is 10.6. The molecule has 0 rings (SSSR count). The van der Waals surface area contributed by atoms with Crippen molar-refractivity contribution in [2.24, 2.45) is 0 Å². The minimum atomic E-state index is -0.243. The van der Waals surface area contributed by atoms with Gasteiger partial charge < -0.3 is 0 Å². The van der Waals surface area contributed by atoms with Crippen LogP contribution < -0.4 is 0 Å². The third-order valence-electron chi connectivity index (χ3n) is 0.594. The van der Waals surface area contributed by atoms with E-state index in [9.17, 15) is 0 Å². The second-order valence-electron chi connectivity index (χ2n) is 2.53. The van der Waals surface area contributed by atoms with E-state index in [2.05, 4.69) is 27.7 Å². The summed E-state index contributed by atoms with van der Waals surface area (Å²) in [5.41, 5.74) is 0. The highest BCUT2D eigenvalue weighted by Gasteiger charge is 2.18. The Hall–Kier alpha value is 1.22. The molecule has 0 aromatic heterocycles. The van der Waals surface area contributed by atoms with Crippen LogP contribution in [-0.4, -0.2) is 10.5 Å². The fourth-order valence-corrected chi connectivity index (χ4v) is 9.97. The summed E-state index contributed by atoms with van der Waals surface area (Å²) in [6.45, 7) is 8.81. The van der Waals surface area contributed by atoms with Crippen LogP contribution in [-0.2, 0) is 11.8 Å². The van der Waals surface area contributed by atoms with Crippen molar-refractivity contribution in [2.75, 3.05) is 0 Å². The smallest absolute Gasteiger partial charge is 0.0496 e. The van der Waals surface area contributed by atoms with Crippen molar-refractivity contribution in [3.63, 3.8) is 0 Å². The van der Waals surface area contributed by atoms with E-state index in [0.29, 0.717) is 10.5 Å². The van der Waals surface area contributed by atoms with E-state index in [0.717, 1.165) is 0 Å². The van der Waals surface area contributed by atoms with Gasteiger partial charge in [-0.2, -0.15) is 0 Å². The lowest BCUT2D eigenvalue weighted by Gasteiger charge is -1.94. The van der Waals surface area contributed by atoms with E-state index < -0.39 is 0 Å². The Bertz CT molecular complexity index is 99.6. The van der Waals surface area contributed by atoms with Gasteiger partial charge in [0.25, 0.3) is 0 Å². The largest absolute Gasteiger partial charge is 0.317 e. The molecule has 0 aliphatic rings. The van der Waals surface area contributed by atoms with Crippen molar-refractivity contribution in [2.45, 2.75) is 38.2 Å². The fraction of sp³-hybridized carbons (Fsp3) is 1.00. The van der Waals surface area contributed by atoms with Crippen LogP contribution in [0.3, 0.4) is 0 Å². The van der Waals surface area contributed by atoms with Gasteiger partial charge in [-0.3, -0.25) is 0 Å². The molecule has 10 heavy (non-hydrogen) atoms. The molecule has 0 saturated carbocycles. The summed E-state index contributed by atoms with van der Waals surface area (Å²) in [6, 6.07) is 0. The monoisotopic (exact) mass is 213 g/mol. The molecule has 60 valence electrons. The van der Waals surface area contributed by atoms with Gasteiger partial charge in [0.1, 0.15) is 22.8 Å². The maximum atomic E-state index is 5.28. The third kappa shape index (κ3) is 7.33. The summed E-state index contributed by atoms with van der Waals surface area (Å²) in [6.07, 6.45) is 0. The first-order valence-corrected chi connectivity index (χ1v) is 8.65. The van der Waals surface area contributed by atoms with E-state index in [1.54, 1.807) is 0 Å². The normalized spacial score (nSPS) is 11.0. The van der Waals surface area contributed by atoms with E-state index in [1.165, 1.54) is 0 Å². The highest BCUT2D eigenvalue weighted by atomic mass is 33.2. The summed E-state index contributed by atoms with van der Waals surface area (Å²) in [4.78, 5) is 0. The molecule has 0 fully saturated rings.